The molecule has 164 valence electrons. The van der Waals surface area contributed by atoms with Gasteiger partial charge < -0.3 is 9.47 Å². The van der Waals surface area contributed by atoms with Gasteiger partial charge >= 0.3 is 0 Å². The highest BCUT2D eigenvalue weighted by Gasteiger charge is 2.23. The quantitative estimate of drug-likeness (QED) is 0.449. The first-order valence-corrected chi connectivity index (χ1v) is 11.3. The van der Waals surface area contributed by atoms with Crippen molar-refractivity contribution in [3.8, 4) is 11.5 Å². The number of fused-ring (bicyclic) bond motifs is 1. The third kappa shape index (κ3) is 5.85. The van der Waals surface area contributed by atoms with Crippen molar-refractivity contribution in [3.63, 3.8) is 0 Å². The van der Waals surface area contributed by atoms with Crippen LogP contribution in [0, 0.1) is 0 Å². The van der Waals surface area contributed by atoms with Crippen molar-refractivity contribution in [3.05, 3.63) is 53.9 Å². The molecule has 0 spiro atoms. The molecule has 1 aliphatic heterocycles. The normalized spacial score (nSPS) is 12.2. The first-order valence-electron chi connectivity index (χ1n) is 8.83. The van der Waals surface area contributed by atoms with E-state index in [1.54, 1.807) is 30.3 Å². The van der Waals surface area contributed by atoms with Crippen LogP contribution in [0.1, 0.15) is 11.3 Å². The standard InChI is InChI=1S/C18H19N5O5S3/c1-22(17(29)12-6-4-3-5-7-12)20-16(24)10-31(25,26)21-23(2)18(30)13-8-14-15(9-19-13)28-11-27-14/h3-9,21H,10-11H2,1-2H3,(H,20,24). The van der Waals surface area contributed by atoms with Gasteiger partial charge in [0, 0.05) is 25.7 Å². The first-order chi connectivity index (χ1) is 14.7. The van der Waals surface area contributed by atoms with Crippen LogP contribution in [0.25, 0.3) is 0 Å². The number of carbonyl (C=O) groups is 1. The molecule has 1 aromatic heterocycles. The third-order valence-electron chi connectivity index (χ3n) is 4.00. The average molecular weight is 482 g/mol. The van der Waals surface area contributed by atoms with Crippen LogP contribution >= 0.6 is 24.4 Å². The Morgan fingerprint density at radius 1 is 1.10 bits per heavy atom. The van der Waals surface area contributed by atoms with Gasteiger partial charge in [0.15, 0.2) is 11.5 Å². The van der Waals surface area contributed by atoms with E-state index < -0.39 is 21.7 Å². The molecule has 0 fully saturated rings. The lowest BCUT2D eigenvalue weighted by molar-refractivity contribution is -0.121. The van der Waals surface area contributed by atoms with E-state index in [1.165, 1.54) is 25.3 Å². The van der Waals surface area contributed by atoms with Crippen molar-refractivity contribution in [1.29, 1.82) is 0 Å². The fourth-order valence-corrected chi connectivity index (χ4v) is 3.97. The zero-order valence-electron chi connectivity index (χ0n) is 16.6. The number of benzene rings is 1. The van der Waals surface area contributed by atoms with Gasteiger partial charge in [-0.2, -0.15) is 0 Å². The smallest absolute Gasteiger partial charge is 0.255 e. The van der Waals surface area contributed by atoms with E-state index in [2.05, 4.69) is 15.2 Å². The second kappa shape index (κ2) is 9.51. The maximum atomic E-state index is 12.4. The highest BCUT2D eigenvalue weighted by Crippen LogP contribution is 2.31. The predicted molar refractivity (Wildman–Crippen MR) is 121 cm³/mol. The van der Waals surface area contributed by atoms with Gasteiger partial charge in [0.2, 0.25) is 16.8 Å². The number of hydrogen-bond acceptors (Lipinski definition) is 8. The summed E-state index contributed by atoms with van der Waals surface area (Å²) in [5.74, 6) is -0.672. The molecule has 2 aromatic rings. The highest BCUT2D eigenvalue weighted by molar-refractivity contribution is 7.90. The summed E-state index contributed by atoms with van der Waals surface area (Å²) in [6.07, 6.45) is 1.44. The average Bonchev–Trinajstić information content (AvgIpc) is 3.20. The second-order valence-corrected chi connectivity index (χ2v) is 8.88. The van der Waals surface area contributed by atoms with Crippen LogP contribution in [-0.4, -0.2) is 65.9 Å². The third-order valence-corrected chi connectivity index (χ3v) is 6.19. The number of hydrogen-bond donors (Lipinski definition) is 2. The Hall–Kier alpha value is -2.87. The molecule has 1 amide bonds. The molecule has 1 aromatic carbocycles. The first kappa shape index (κ1) is 22.8. The lowest BCUT2D eigenvalue weighted by Gasteiger charge is -2.23. The molecule has 0 bridgehead atoms. The molecule has 13 heteroatoms. The number of ether oxygens (including phenoxy) is 2. The Labute approximate surface area is 190 Å². The monoisotopic (exact) mass is 481 g/mol. The van der Waals surface area contributed by atoms with E-state index in [1.807, 2.05) is 6.07 Å². The predicted octanol–water partition coefficient (Wildman–Crippen LogP) is 0.591. The van der Waals surface area contributed by atoms with Crippen molar-refractivity contribution < 1.29 is 22.7 Å². The molecule has 3 rings (SSSR count). The molecule has 0 saturated carbocycles. The lowest BCUT2D eigenvalue weighted by atomic mass is 10.2. The van der Waals surface area contributed by atoms with Crippen LogP contribution in [0.3, 0.4) is 0 Å². The molecule has 0 atom stereocenters. The molecule has 0 unspecified atom stereocenters. The number of nitrogens with one attached hydrogen (secondary N) is 2. The number of nitrogens with zero attached hydrogens (tertiary/aromatic N) is 3. The summed E-state index contributed by atoms with van der Waals surface area (Å²) in [6.45, 7) is 0.0764. The van der Waals surface area contributed by atoms with Crippen LogP contribution in [0.15, 0.2) is 42.6 Å². The Morgan fingerprint density at radius 3 is 2.48 bits per heavy atom. The summed E-state index contributed by atoms with van der Waals surface area (Å²) in [5, 5.41) is 2.37. The Balaban J connectivity index is 1.56. The SMILES string of the molecule is CN(NC(=O)CS(=O)(=O)NN(C)C(=S)c1cc2c(cn1)OCO2)C(=S)c1ccccc1. The van der Waals surface area contributed by atoms with Crippen LogP contribution in [0.5, 0.6) is 11.5 Å². The van der Waals surface area contributed by atoms with Gasteiger partial charge in [-0.05, 0) is 0 Å². The van der Waals surface area contributed by atoms with Crippen LogP contribution < -0.4 is 19.7 Å². The molecule has 0 saturated heterocycles. The van der Waals surface area contributed by atoms with Crippen molar-refractivity contribution in [2.45, 2.75) is 0 Å². The summed E-state index contributed by atoms with van der Waals surface area (Å²) in [5.41, 5.74) is 3.45. The van der Waals surface area contributed by atoms with Gasteiger partial charge in [0.25, 0.3) is 5.91 Å². The summed E-state index contributed by atoms with van der Waals surface area (Å²) in [7, 11) is -1.13. The fourth-order valence-electron chi connectivity index (χ4n) is 2.59. The van der Waals surface area contributed by atoms with Gasteiger partial charge in [0.05, 0.1) is 6.20 Å². The zero-order chi connectivity index (χ0) is 22.6. The van der Waals surface area contributed by atoms with Crippen molar-refractivity contribution in [1.82, 2.24) is 25.3 Å². The number of rotatable bonds is 6. The molecule has 2 N–H and O–H groups in total. The molecule has 1 aliphatic rings. The summed E-state index contributed by atoms with van der Waals surface area (Å²) >= 11 is 10.6. The summed E-state index contributed by atoms with van der Waals surface area (Å²) < 4.78 is 35.3. The van der Waals surface area contributed by atoms with E-state index in [9.17, 15) is 13.2 Å². The minimum atomic E-state index is -4.06. The topological polar surface area (TPSA) is 113 Å². The van der Waals surface area contributed by atoms with E-state index in [-0.39, 0.29) is 11.8 Å². The molecule has 0 radical (unpaired) electrons. The molecule has 2 heterocycles. The minimum absolute atomic E-state index is 0.0764. The van der Waals surface area contributed by atoms with Gasteiger partial charge in [-0.25, -0.2) is 13.4 Å². The van der Waals surface area contributed by atoms with Gasteiger partial charge in [-0.1, -0.05) is 54.8 Å². The number of hydrazine groups is 2. The molecular formula is C18H19N5O5S3. The molecule has 0 aliphatic carbocycles. The van der Waals surface area contributed by atoms with Crippen LogP contribution in [0.2, 0.25) is 0 Å². The van der Waals surface area contributed by atoms with Gasteiger partial charge in [0.1, 0.15) is 21.4 Å². The van der Waals surface area contributed by atoms with E-state index in [4.69, 9.17) is 33.9 Å². The lowest BCUT2D eigenvalue weighted by Crippen LogP contribution is -2.49. The fraction of sp³-hybridized carbons (Fsp3) is 0.222. The van der Waals surface area contributed by atoms with E-state index in [0.717, 1.165) is 5.01 Å². The van der Waals surface area contributed by atoms with Crippen molar-refractivity contribution in [2.24, 2.45) is 0 Å². The maximum Gasteiger partial charge on any atom is 0.255 e. The van der Waals surface area contributed by atoms with Crippen molar-refractivity contribution >= 4 is 50.3 Å². The number of aromatic nitrogens is 1. The number of sulfonamides is 1. The number of amides is 1. The van der Waals surface area contributed by atoms with E-state index in [0.29, 0.717) is 27.7 Å². The van der Waals surface area contributed by atoms with Crippen LogP contribution in [0.4, 0.5) is 0 Å². The minimum Gasteiger partial charge on any atom is -0.453 e. The van der Waals surface area contributed by atoms with Crippen LogP contribution in [-0.2, 0) is 14.8 Å². The number of pyridine rings is 1. The second-order valence-electron chi connectivity index (χ2n) is 6.40. The Kier molecular flexibility index (Phi) is 7.00. The highest BCUT2D eigenvalue weighted by atomic mass is 32.2. The van der Waals surface area contributed by atoms with Crippen molar-refractivity contribution in [2.75, 3.05) is 26.6 Å². The van der Waals surface area contributed by atoms with Gasteiger partial charge in [-0.3, -0.25) is 20.2 Å². The molecule has 31 heavy (non-hydrogen) atoms. The number of carbonyl (C=O) groups excluding carboxylic acids is 1. The Morgan fingerprint density at radius 2 is 1.77 bits per heavy atom. The van der Waals surface area contributed by atoms with Gasteiger partial charge in [-0.15, -0.1) is 4.83 Å². The van der Waals surface area contributed by atoms with E-state index >= 15 is 0 Å². The Bertz CT molecular complexity index is 1110. The maximum absolute atomic E-state index is 12.4. The molecular weight excluding hydrogens is 462 g/mol. The zero-order valence-corrected chi connectivity index (χ0v) is 19.0. The molecule has 10 nitrogen and oxygen atoms in total. The summed E-state index contributed by atoms with van der Waals surface area (Å²) in [4.78, 5) is 19.0. The largest absolute Gasteiger partial charge is 0.453 e. The summed E-state index contributed by atoms with van der Waals surface area (Å²) in [6, 6.07) is 10.6. The number of thiocarbonyl (C=S) groups is 2.